The standard InChI is InChI=1S/C26H23N7O3/c1-18(20-10-12-22(13-11-20)33-17-27-31-32-33)29-30-26(35)24(16-19-8-14-23(36-2)15-9-19)28-25(34)21-6-4-3-5-7-21/h3-17H,1-2H3,(H,28,34)(H,30,35)/b24-16-,29-18+. The minimum absolute atomic E-state index is 0.0413. The fourth-order valence-electron chi connectivity index (χ4n) is 3.20. The molecule has 0 spiro atoms. The lowest BCUT2D eigenvalue weighted by Gasteiger charge is -2.10. The molecule has 0 radical (unpaired) electrons. The number of nitrogens with zero attached hydrogens (tertiary/aromatic N) is 5. The molecule has 2 N–H and O–H groups in total. The van der Waals surface area contributed by atoms with Gasteiger partial charge in [-0.2, -0.15) is 5.10 Å². The van der Waals surface area contributed by atoms with Crippen LogP contribution < -0.4 is 15.5 Å². The summed E-state index contributed by atoms with van der Waals surface area (Å²) in [7, 11) is 1.57. The summed E-state index contributed by atoms with van der Waals surface area (Å²) in [5.74, 6) is -0.304. The van der Waals surface area contributed by atoms with Crippen molar-refractivity contribution in [3.8, 4) is 11.4 Å². The number of rotatable bonds is 8. The van der Waals surface area contributed by atoms with E-state index in [2.05, 4.69) is 31.4 Å². The first-order chi connectivity index (χ1) is 17.5. The molecule has 2 amide bonds. The van der Waals surface area contributed by atoms with E-state index in [0.29, 0.717) is 22.6 Å². The maximum absolute atomic E-state index is 13.0. The highest BCUT2D eigenvalue weighted by molar-refractivity contribution is 6.06. The first-order valence-corrected chi connectivity index (χ1v) is 10.9. The highest BCUT2D eigenvalue weighted by Crippen LogP contribution is 2.14. The van der Waals surface area contributed by atoms with Gasteiger partial charge in [0.15, 0.2) is 0 Å². The zero-order valence-electron chi connectivity index (χ0n) is 19.6. The van der Waals surface area contributed by atoms with E-state index >= 15 is 0 Å². The number of ether oxygens (including phenoxy) is 1. The lowest BCUT2D eigenvalue weighted by Crippen LogP contribution is -2.33. The Balaban J connectivity index is 1.53. The fraction of sp³-hybridized carbons (Fsp3) is 0.0769. The van der Waals surface area contributed by atoms with Gasteiger partial charge < -0.3 is 10.1 Å². The van der Waals surface area contributed by atoms with Gasteiger partial charge in [0, 0.05) is 5.56 Å². The number of carbonyl (C=O) groups excluding carboxylic acids is 2. The van der Waals surface area contributed by atoms with Crippen molar-refractivity contribution >= 4 is 23.6 Å². The number of methoxy groups -OCH3 is 1. The molecule has 0 fully saturated rings. The molecular formula is C26H23N7O3. The Hall–Kier alpha value is -5.12. The molecule has 10 nitrogen and oxygen atoms in total. The second-order valence-corrected chi connectivity index (χ2v) is 7.59. The van der Waals surface area contributed by atoms with Crippen molar-refractivity contribution in [1.82, 2.24) is 30.9 Å². The van der Waals surface area contributed by atoms with Crippen LogP contribution in [-0.2, 0) is 4.79 Å². The van der Waals surface area contributed by atoms with Gasteiger partial charge in [-0.25, -0.2) is 10.1 Å². The molecule has 0 aliphatic carbocycles. The van der Waals surface area contributed by atoms with Crippen LogP contribution in [0, 0.1) is 0 Å². The van der Waals surface area contributed by atoms with E-state index in [-0.39, 0.29) is 5.70 Å². The van der Waals surface area contributed by atoms with Gasteiger partial charge in [0.25, 0.3) is 11.8 Å². The van der Waals surface area contributed by atoms with Crippen LogP contribution in [0.25, 0.3) is 11.8 Å². The van der Waals surface area contributed by atoms with Crippen LogP contribution in [0.1, 0.15) is 28.4 Å². The molecule has 0 unspecified atom stereocenters. The lowest BCUT2D eigenvalue weighted by molar-refractivity contribution is -0.117. The van der Waals surface area contributed by atoms with Gasteiger partial charge in [0.2, 0.25) is 0 Å². The summed E-state index contributed by atoms with van der Waals surface area (Å²) >= 11 is 0. The summed E-state index contributed by atoms with van der Waals surface area (Å²) < 4.78 is 6.71. The number of carbonyl (C=O) groups is 2. The first kappa shape index (κ1) is 24.0. The maximum atomic E-state index is 13.0. The third kappa shape index (κ3) is 6.06. The van der Waals surface area contributed by atoms with Gasteiger partial charge in [-0.1, -0.05) is 42.5 Å². The van der Waals surface area contributed by atoms with Crippen molar-refractivity contribution < 1.29 is 14.3 Å². The number of hydrazone groups is 1. The Labute approximate surface area is 207 Å². The van der Waals surface area contributed by atoms with Gasteiger partial charge in [0.05, 0.1) is 18.5 Å². The smallest absolute Gasteiger partial charge is 0.287 e. The Morgan fingerprint density at radius 1 is 0.944 bits per heavy atom. The molecular weight excluding hydrogens is 458 g/mol. The highest BCUT2D eigenvalue weighted by atomic mass is 16.5. The lowest BCUT2D eigenvalue weighted by atomic mass is 10.1. The zero-order chi connectivity index (χ0) is 25.3. The van der Waals surface area contributed by atoms with Crippen molar-refractivity contribution in [2.24, 2.45) is 5.10 Å². The normalized spacial score (nSPS) is 11.6. The van der Waals surface area contributed by atoms with Crippen molar-refractivity contribution in [1.29, 1.82) is 0 Å². The van der Waals surface area contributed by atoms with Gasteiger partial charge in [-0.15, -0.1) is 5.10 Å². The molecule has 0 saturated heterocycles. The molecule has 4 rings (SSSR count). The Morgan fingerprint density at radius 2 is 1.67 bits per heavy atom. The predicted molar refractivity (Wildman–Crippen MR) is 134 cm³/mol. The molecule has 1 aromatic heterocycles. The van der Waals surface area contributed by atoms with E-state index in [0.717, 1.165) is 11.3 Å². The number of aromatic nitrogens is 4. The third-order valence-corrected chi connectivity index (χ3v) is 5.18. The molecule has 0 bridgehead atoms. The first-order valence-electron chi connectivity index (χ1n) is 10.9. The zero-order valence-corrected chi connectivity index (χ0v) is 19.6. The van der Waals surface area contributed by atoms with E-state index < -0.39 is 11.8 Å². The van der Waals surface area contributed by atoms with Crippen molar-refractivity contribution in [3.05, 3.63) is 108 Å². The van der Waals surface area contributed by atoms with E-state index in [1.54, 1.807) is 68.6 Å². The Bertz CT molecular complexity index is 1380. The van der Waals surface area contributed by atoms with Gasteiger partial charge in [-0.3, -0.25) is 9.59 Å². The molecule has 180 valence electrons. The molecule has 0 atom stereocenters. The maximum Gasteiger partial charge on any atom is 0.287 e. The van der Waals surface area contributed by atoms with Crippen LogP contribution in [0.4, 0.5) is 0 Å². The molecule has 4 aromatic rings. The number of nitrogens with one attached hydrogen (secondary N) is 2. The summed E-state index contributed by atoms with van der Waals surface area (Å²) in [5, 5.41) is 18.0. The second kappa shape index (κ2) is 11.3. The van der Waals surface area contributed by atoms with Gasteiger partial charge >= 0.3 is 0 Å². The fourth-order valence-corrected chi connectivity index (χ4v) is 3.20. The summed E-state index contributed by atoms with van der Waals surface area (Å²) in [6.45, 7) is 1.77. The largest absolute Gasteiger partial charge is 0.497 e. The quantitative estimate of drug-likeness (QED) is 0.227. The minimum Gasteiger partial charge on any atom is -0.497 e. The molecule has 10 heteroatoms. The monoisotopic (exact) mass is 481 g/mol. The number of amides is 2. The van der Waals surface area contributed by atoms with Crippen molar-refractivity contribution in [2.45, 2.75) is 6.92 Å². The minimum atomic E-state index is -0.570. The van der Waals surface area contributed by atoms with E-state index in [9.17, 15) is 9.59 Å². The molecule has 0 saturated carbocycles. The summed E-state index contributed by atoms with van der Waals surface area (Å²) in [6.07, 6.45) is 3.07. The number of hydrogen-bond acceptors (Lipinski definition) is 7. The molecule has 0 aliphatic heterocycles. The molecule has 3 aromatic carbocycles. The molecule has 0 aliphatic rings. The molecule has 36 heavy (non-hydrogen) atoms. The van der Waals surface area contributed by atoms with Gasteiger partial charge in [-0.05, 0) is 71.0 Å². The summed E-state index contributed by atoms with van der Waals surface area (Å²) in [6, 6.07) is 23.1. The predicted octanol–water partition coefficient (Wildman–Crippen LogP) is 2.98. The number of hydrogen-bond donors (Lipinski definition) is 2. The van der Waals surface area contributed by atoms with E-state index in [1.165, 1.54) is 11.0 Å². The Morgan fingerprint density at radius 3 is 2.31 bits per heavy atom. The van der Waals surface area contributed by atoms with Crippen molar-refractivity contribution in [2.75, 3.05) is 7.11 Å². The van der Waals surface area contributed by atoms with Crippen molar-refractivity contribution in [3.63, 3.8) is 0 Å². The topological polar surface area (TPSA) is 123 Å². The molecule has 1 heterocycles. The van der Waals surface area contributed by atoms with Crippen LogP contribution in [0.15, 0.2) is 96.0 Å². The summed E-state index contributed by atoms with van der Waals surface area (Å²) in [5.41, 5.74) is 5.85. The highest BCUT2D eigenvalue weighted by Gasteiger charge is 2.15. The van der Waals surface area contributed by atoms with Crippen LogP contribution in [0.3, 0.4) is 0 Å². The van der Waals surface area contributed by atoms with Gasteiger partial charge in [0.1, 0.15) is 17.8 Å². The van der Waals surface area contributed by atoms with Crippen LogP contribution >= 0.6 is 0 Å². The van der Waals surface area contributed by atoms with Crippen LogP contribution in [-0.4, -0.2) is 44.8 Å². The van der Waals surface area contributed by atoms with Crippen LogP contribution in [0.5, 0.6) is 5.75 Å². The van der Waals surface area contributed by atoms with Crippen LogP contribution in [0.2, 0.25) is 0 Å². The number of tetrazole rings is 1. The number of benzene rings is 3. The summed E-state index contributed by atoms with van der Waals surface area (Å²) in [4.78, 5) is 25.8. The second-order valence-electron chi connectivity index (χ2n) is 7.59. The van der Waals surface area contributed by atoms with E-state index in [1.807, 2.05) is 30.3 Å². The Kier molecular flexibility index (Phi) is 7.57. The van der Waals surface area contributed by atoms with E-state index in [4.69, 9.17) is 4.74 Å². The third-order valence-electron chi connectivity index (χ3n) is 5.18. The average molecular weight is 482 g/mol. The SMILES string of the molecule is COc1ccc(/C=C(\NC(=O)c2ccccc2)C(=O)N/N=C(\C)c2ccc(-n3cnnn3)cc2)cc1. The average Bonchev–Trinajstić information content (AvgIpc) is 3.47.